The smallest absolute Gasteiger partial charge is 0.248 e. The van der Waals surface area contributed by atoms with Crippen molar-refractivity contribution in [1.29, 1.82) is 15.8 Å². The summed E-state index contributed by atoms with van der Waals surface area (Å²) in [4.78, 5) is 8.51. The second kappa shape index (κ2) is 16.4. The Hall–Kier alpha value is -10.6. The van der Waals surface area contributed by atoms with Crippen LogP contribution in [0.15, 0.2) is 182 Å². The van der Waals surface area contributed by atoms with Gasteiger partial charge in [-0.3, -0.25) is 0 Å². The molecule has 0 atom stereocenters. The molecular formula is C72H42B2N6. The van der Waals surface area contributed by atoms with E-state index in [1.54, 1.807) is 0 Å². The lowest BCUT2D eigenvalue weighted by Gasteiger charge is -2.42. The van der Waals surface area contributed by atoms with Crippen molar-refractivity contribution in [2.75, 3.05) is 9.80 Å². The second-order valence-electron chi connectivity index (χ2n) is 22.1. The third-order valence-electron chi connectivity index (χ3n) is 17.9. The highest BCUT2D eigenvalue weighted by molar-refractivity contribution is 7.02. The molecule has 4 aliphatic heterocycles. The van der Waals surface area contributed by atoms with Crippen LogP contribution in [0.4, 0.5) is 39.8 Å². The lowest BCUT2D eigenvalue weighted by molar-refractivity contribution is 1.28. The highest BCUT2D eigenvalue weighted by Crippen LogP contribution is 2.53. The molecule has 4 heterocycles. The zero-order valence-corrected chi connectivity index (χ0v) is 44.2. The van der Waals surface area contributed by atoms with Crippen LogP contribution in [0, 0.1) is 68.3 Å². The Morgan fingerprint density at radius 3 is 1.24 bits per heavy atom. The zero-order valence-electron chi connectivity index (χ0n) is 44.2. The van der Waals surface area contributed by atoms with E-state index < -0.39 is 0 Å². The molecular weight excluding hydrogens is 970 g/mol. The van der Waals surface area contributed by atoms with E-state index in [4.69, 9.17) is 6.57 Å². The summed E-state index contributed by atoms with van der Waals surface area (Å²) >= 11 is 0. The van der Waals surface area contributed by atoms with Gasteiger partial charge in [0.25, 0.3) is 0 Å². The van der Waals surface area contributed by atoms with Gasteiger partial charge >= 0.3 is 0 Å². The predicted octanol–water partition coefficient (Wildman–Crippen LogP) is 13.9. The monoisotopic (exact) mass is 1010 g/mol. The molecule has 0 saturated carbocycles. The summed E-state index contributed by atoms with van der Waals surface area (Å²) in [6.07, 6.45) is 0. The van der Waals surface area contributed by atoms with Crippen LogP contribution < -0.4 is 42.6 Å². The van der Waals surface area contributed by atoms with Gasteiger partial charge in [-0.05, 0) is 227 Å². The lowest BCUT2D eigenvalue weighted by Crippen LogP contribution is -2.60. The zero-order chi connectivity index (χ0) is 54.0. The van der Waals surface area contributed by atoms with Crippen LogP contribution in [-0.4, -0.2) is 13.4 Å². The summed E-state index contributed by atoms with van der Waals surface area (Å²) < 4.78 is 0. The van der Waals surface area contributed by atoms with Crippen molar-refractivity contribution in [3.63, 3.8) is 0 Å². The summed E-state index contributed by atoms with van der Waals surface area (Å²) in [6.45, 7) is 16.6. The fourth-order valence-corrected chi connectivity index (χ4v) is 14.9. The fourth-order valence-electron chi connectivity index (χ4n) is 14.9. The van der Waals surface area contributed by atoms with Gasteiger partial charge in [0, 0.05) is 34.1 Å². The number of nitriles is 3. The Bertz CT molecular complexity index is 4660. The van der Waals surface area contributed by atoms with Gasteiger partial charge in [0.2, 0.25) is 13.4 Å². The van der Waals surface area contributed by atoms with Crippen LogP contribution in [0.25, 0.3) is 81.7 Å². The van der Waals surface area contributed by atoms with Crippen LogP contribution in [0.1, 0.15) is 38.9 Å². The van der Waals surface area contributed by atoms with E-state index in [9.17, 15) is 15.8 Å². The minimum atomic E-state index is -0.272. The quantitative estimate of drug-likeness (QED) is 0.0996. The summed E-state index contributed by atoms with van der Waals surface area (Å²) in [6, 6.07) is 72.0. The molecule has 80 heavy (non-hydrogen) atoms. The molecule has 0 fully saturated rings. The van der Waals surface area contributed by atoms with Gasteiger partial charge in [-0.25, -0.2) is 4.85 Å². The molecule has 0 N–H and O–H groups in total. The first-order valence-corrected chi connectivity index (χ1v) is 27.1. The summed E-state index contributed by atoms with van der Waals surface area (Å²) in [5.74, 6) is 0. The number of anilines is 6. The SMILES string of the molecule is [C-]#[N+]c1ccc2c(c1)N(c1ccccc1)c1cc(C#N)cc3c1B2c1cc2c(-c4c(C)cccc4C)cc4c5c(cc6c(-c7c(C)cccc7C)cc-3c1c6c25)B1c2ccc(C#N)cc2N(c2ccccc2)c2cc(C#N)cc-4c21. The highest BCUT2D eigenvalue weighted by Gasteiger charge is 2.46. The van der Waals surface area contributed by atoms with Crippen molar-refractivity contribution < 1.29 is 0 Å². The number of hydrogen-bond donors (Lipinski definition) is 0. The number of aryl methyl sites for hydroxylation is 4. The van der Waals surface area contributed by atoms with Crippen molar-refractivity contribution >= 4 is 118 Å². The molecule has 8 heteroatoms. The normalized spacial score (nSPS) is 12.8. The maximum absolute atomic E-state index is 11.1. The molecule has 12 aromatic rings. The Kier molecular flexibility index (Phi) is 9.36. The summed E-state index contributed by atoms with van der Waals surface area (Å²) in [7, 11) is 0. The standard InChI is InChI=1S/C72H42B2N6/c1-39-14-12-15-40(2)65(39)49-33-52-56-27-45(38-77)30-64-72(56)74(58-25-23-46(78-5)31-62(58)80(64)48-20-10-7-11-21-48)60-35-54-50(66-41(3)16-13-17-42(66)4)32-51-55-26-44(37-76)29-63-71(55)73(59-34-53(49)70(68(52)60)69(54)67(51)59)57-24-22-43(36-75)28-61(57)79(63)47-18-8-6-9-19-47/h6-35H,1-4H3. The third kappa shape index (κ3) is 5.95. The molecule has 4 aliphatic rings. The average molecular weight is 1010 g/mol. The van der Waals surface area contributed by atoms with Crippen LogP contribution in [0.5, 0.6) is 0 Å². The predicted molar refractivity (Wildman–Crippen MR) is 330 cm³/mol. The van der Waals surface area contributed by atoms with Crippen LogP contribution in [0.3, 0.4) is 0 Å². The van der Waals surface area contributed by atoms with Gasteiger partial charge in [0.1, 0.15) is 0 Å². The Morgan fingerprint density at radius 1 is 0.375 bits per heavy atom. The molecule has 0 saturated heterocycles. The van der Waals surface area contributed by atoms with Gasteiger partial charge in [-0.2, -0.15) is 15.8 Å². The van der Waals surface area contributed by atoms with Gasteiger partial charge in [-0.15, -0.1) is 0 Å². The topological polar surface area (TPSA) is 82.2 Å². The molecule has 16 rings (SSSR count). The molecule has 12 aromatic carbocycles. The van der Waals surface area contributed by atoms with E-state index in [0.717, 1.165) is 111 Å². The molecule has 6 nitrogen and oxygen atoms in total. The fraction of sp³-hybridized carbons (Fsp3) is 0.0556. The van der Waals surface area contributed by atoms with Crippen LogP contribution >= 0.6 is 0 Å². The van der Waals surface area contributed by atoms with Crippen molar-refractivity contribution in [3.05, 3.63) is 232 Å². The van der Waals surface area contributed by atoms with Crippen molar-refractivity contribution in [2.45, 2.75) is 27.7 Å². The van der Waals surface area contributed by atoms with Crippen molar-refractivity contribution in [1.82, 2.24) is 0 Å². The first-order valence-electron chi connectivity index (χ1n) is 27.1. The lowest BCUT2D eigenvalue weighted by atomic mass is 9.31. The summed E-state index contributed by atoms with van der Waals surface area (Å²) in [5.41, 5.74) is 28.1. The number of benzene rings is 12. The van der Waals surface area contributed by atoms with Crippen LogP contribution in [-0.2, 0) is 0 Å². The molecule has 0 aromatic heterocycles. The molecule has 366 valence electrons. The number of nitrogens with zero attached hydrogens (tertiary/aromatic N) is 6. The Labute approximate surface area is 464 Å². The average Bonchev–Trinajstić information content (AvgIpc) is 1.87. The van der Waals surface area contributed by atoms with E-state index >= 15 is 0 Å². The third-order valence-corrected chi connectivity index (χ3v) is 17.9. The number of para-hydroxylation sites is 2. The second-order valence-corrected chi connectivity index (χ2v) is 22.1. The van der Waals surface area contributed by atoms with E-state index in [2.05, 4.69) is 176 Å². The van der Waals surface area contributed by atoms with E-state index in [1.807, 2.05) is 66.7 Å². The van der Waals surface area contributed by atoms with Crippen molar-refractivity contribution in [3.8, 4) is 62.7 Å². The van der Waals surface area contributed by atoms with Crippen molar-refractivity contribution in [2.24, 2.45) is 0 Å². The molecule has 0 bridgehead atoms. The largest absolute Gasteiger partial charge is 0.313 e. The highest BCUT2D eigenvalue weighted by atomic mass is 15.2. The molecule has 0 aliphatic carbocycles. The summed E-state index contributed by atoms with van der Waals surface area (Å²) in [5, 5.41) is 39.7. The molecule has 0 radical (unpaired) electrons. The first-order chi connectivity index (χ1) is 39.2. The number of hydrogen-bond acceptors (Lipinski definition) is 5. The molecule has 0 amide bonds. The maximum atomic E-state index is 11.1. The maximum Gasteiger partial charge on any atom is 0.248 e. The van der Waals surface area contributed by atoms with Gasteiger partial charge in [0.15, 0.2) is 5.69 Å². The number of fused-ring (bicyclic) bond motifs is 8. The molecule has 0 unspecified atom stereocenters. The van der Waals surface area contributed by atoms with E-state index in [1.165, 1.54) is 55.1 Å². The van der Waals surface area contributed by atoms with Gasteiger partial charge in [-0.1, -0.05) is 114 Å². The van der Waals surface area contributed by atoms with Gasteiger partial charge in [0.05, 0.1) is 41.5 Å². The number of rotatable bonds is 4. The van der Waals surface area contributed by atoms with E-state index in [0.29, 0.717) is 22.4 Å². The Morgan fingerprint density at radius 2 is 0.800 bits per heavy atom. The molecule has 0 spiro atoms. The Balaban J connectivity index is 1.16. The first kappa shape index (κ1) is 45.6. The minimum Gasteiger partial charge on any atom is -0.313 e. The van der Waals surface area contributed by atoms with Crippen LogP contribution in [0.2, 0.25) is 0 Å². The minimum absolute atomic E-state index is 0.268. The van der Waals surface area contributed by atoms with E-state index in [-0.39, 0.29) is 13.4 Å². The van der Waals surface area contributed by atoms with Gasteiger partial charge < -0.3 is 9.80 Å².